The third kappa shape index (κ3) is 3.14. The van der Waals surface area contributed by atoms with E-state index in [1.165, 1.54) is 0 Å². The monoisotopic (exact) mass is 256 g/mol. The molecule has 0 aliphatic carbocycles. The molecule has 0 radical (unpaired) electrons. The first-order valence-electron chi connectivity index (χ1n) is 6.67. The molecule has 0 bridgehead atoms. The summed E-state index contributed by atoms with van der Waals surface area (Å²) in [4.78, 5) is 13.7. The van der Waals surface area contributed by atoms with E-state index in [1.807, 2.05) is 20.8 Å². The molecule has 0 aromatic carbocycles. The molecule has 2 heterocycles. The van der Waals surface area contributed by atoms with Crippen molar-refractivity contribution in [3.8, 4) is 0 Å². The van der Waals surface area contributed by atoms with E-state index in [-0.39, 0.29) is 17.7 Å². The summed E-state index contributed by atoms with van der Waals surface area (Å²) in [6, 6.07) is 0.151. The predicted octanol–water partition coefficient (Wildman–Crippen LogP) is 1.50. The summed E-state index contributed by atoms with van der Waals surface area (Å²) in [6.07, 6.45) is 2.41. The second-order valence-corrected chi connectivity index (χ2v) is 6.43. The number of rotatable bonds is 0. The number of likely N-dealkylation sites (tertiary alicyclic amines) is 1. The second kappa shape index (κ2) is 4.70. The lowest BCUT2D eigenvalue weighted by molar-refractivity contribution is -0.0485. The zero-order valence-corrected chi connectivity index (χ0v) is 11.6. The number of carbonyl (C=O) groups excluding carboxylic acids is 1. The van der Waals surface area contributed by atoms with Crippen molar-refractivity contribution in [1.82, 2.24) is 4.90 Å². The first kappa shape index (κ1) is 13.6. The molecule has 1 atom stereocenters. The van der Waals surface area contributed by atoms with E-state index in [1.54, 1.807) is 4.90 Å². The van der Waals surface area contributed by atoms with E-state index in [0.29, 0.717) is 19.7 Å². The van der Waals surface area contributed by atoms with Crippen molar-refractivity contribution in [2.45, 2.75) is 57.3 Å². The minimum Gasteiger partial charge on any atom is -0.444 e. The molecule has 2 saturated heterocycles. The highest BCUT2D eigenvalue weighted by Crippen LogP contribution is 2.35. The van der Waals surface area contributed by atoms with Gasteiger partial charge in [-0.3, -0.25) is 0 Å². The molecule has 1 amide bonds. The average molecular weight is 256 g/mol. The Labute approximate surface area is 109 Å². The summed E-state index contributed by atoms with van der Waals surface area (Å²) in [6.45, 7) is 7.69. The molecule has 2 rings (SSSR count). The van der Waals surface area contributed by atoms with Crippen molar-refractivity contribution >= 4 is 6.09 Å². The Kier molecular flexibility index (Phi) is 3.56. The van der Waals surface area contributed by atoms with Gasteiger partial charge in [-0.1, -0.05) is 0 Å². The van der Waals surface area contributed by atoms with Crippen LogP contribution in [0, 0.1) is 0 Å². The number of carbonyl (C=O) groups is 1. The fourth-order valence-electron chi connectivity index (χ4n) is 2.65. The highest BCUT2D eigenvalue weighted by molar-refractivity contribution is 5.68. The zero-order chi connectivity index (χ0) is 13.4. The van der Waals surface area contributed by atoms with Gasteiger partial charge in [0, 0.05) is 19.1 Å². The van der Waals surface area contributed by atoms with Crippen LogP contribution in [0.3, 0.4) is 0 Å². The van der Waals surface area contributed by atoms with E-state index in [0.717, 1.165) is 19.3 Å². The van der Waals surface area contributed by atoms with Gasteiger partial charge in [0.2, 0.25) is 0 Å². The van der Waals surface area contributed by atoms with Crippen LogP contribution in [0.15, 0.2) is 0 Å². The van der Waals surface area contributed by atoms with Gasteiger partial charge >= 0.3 is 6.09 Å². The lowest BCUT2D eigenvalue weighted by Gasteiger charge is -2.38. The third-order valence-corrected chi connectivity index (χ3v) is 3.56. The van der Waals surface area contributed by atoms with Crippen molar-refractivity contribution in [1.29, 1.82) is 0 Å². The highest BCUT2D eigenvalue weighted by Gasteiger charge is 2.42. The molecule has 1 spiro atoms. The molecule has 104 valence electrons. The number of ether oxygens (including phenoxy) is 2. The Hall–Kier alpha value is -0.810. The van der Waals surface area contributed by atoms with Gasteiger partial charge in [0.05, 0.1) is 12.2 Å². The number of piperidine rings is 1. The van der Waals surface area contributed by atoms with Crippen LogP contribution in [0.1, 0.15) is 40.0 Å². The number of nitrogens with zero attached hydrogens (tertiary/aromatic N) is 1. The topological polar surface area (TPSA) is 64.8 Å². The largest absolute Gasteiger partial charge is 0.444 e. The fourth-order valence-corrected chi connectivity index (χ4v) is 2.65. The van der Waals surface area contributed by atoms with Crippen LogP contribution < -0.4 is 5.73 Å². The van der Waals surface area contributed by atoms with Crippen LogP contribution in [0.2, 0.25) is 0 Å². The summed E-state index contributed by atoms with van der Waals surface area (Å²) >= 11 is 0. The molecule has 2 aliphatic rings. The Morgan fingerprint density at radius 3 is 2.44 bits per heavy atom. The molecule has 2 fully saturated rings. The van der Waals surface area contributed by atoms with Gasteiger partial charge in [-0.2, -0.15) is 0 Å². The maximum absolute atomic E-state index is 11.9. The normalized spacial score (nSPS) is 27.6. The minimum absolute atomic E-state index is 0.0854. The maximum atomic E-state index is 11.9. The van der Waals surface area contributed by atoms with Crippen molar-refractivity contribution < 1.29 is 14.3 Å². The number of hydrogen-bond acceptors (Lipinski definition) is 4. The van der Waals surface area contributed by atoms with E-state index < -0.39 is 5.60 Å². The van der Waals surface area contributed by atoms with Gasteiger partial charge < -0.3 is 20.1 Å². The van der Waals surface area contributed by atoms with Crippen molar-refractivity contribution in [2.24, 2.45) is 5.73 Å². The fraction of sp³-hybridized carbons (Fsp3) is 0.923. The van der Waals surface area contributed by atoms with E-state index in [2.05, 4.69) is 0 Å². The van der Waals surface area contributed by atoms with Crippen LogP contribution in [0.5, 0.6) is 0 Å². The maximum Gasteiger partial charge on any atom is 0.410 e. The second-order valence-electron chi connectivity index (χ2n) is 6.43. The minimum atomic E-state index is -0.432. The van der Waals surface area contributed by atoms with Gasteiger partial charge in [-0.25, -0.2) is 4.79 Å². The smallest absolute Gasteiger partial charge is 0.410 e. The van der Waals surface area contributed by atoms with Gasteiger partial charge in [0.15, 0.2) is 0 Å². The summed E-state index contributed by atoms with van der Waals surface area (Å²) in [5.74, 6) is 0. The highest BCUT2D eigenvalue weighted by atomic mass is 16.6. The Morgan fingerprint density at radius 1 is 1.39 bits per heavy atom. The van der Waals surface area contributed by atoms with E-state index in [9.17, 15) is 4.79 Å². The van der Waals surface area contributed by atoms with Crippen LogP contribution in [-0.2, 0) is 9.47 Å². The quantitative estimate of drug-likeness (QED) is 0.713. The molecule has 18 heavy (non-hydrogen) atoms. The first-order valence-corrected chi connectivity index (χ1v) is 6.67. The molecule has 2 N–H and O–H groups in total. The number of amides is 1. The van der Waals surface area contributed by atoms with Gasteiger partial charge in [0.25, 0.3) is 0 Å². The van der Waals surface area contributed by atoms with E-state index >= 15 is 0 Å². The summed E-state index contributed by atoms with van der Waals surface area (Å²) in [5.41, 5.74) is 5.37. The Bertz CT molecular complexity index is 317. The average Bonchev–Trinajstić information content (AvgIpc) is 2.58. The Balaban J connectivity index is 1.85. The molecule has 2 aliphatic heterocycles. The lowest BCUT2D eigenvalue weighted by Crippen LogP contribution is -2.48. The zero-order valence-electron chi connectivity index (χ0n) is 11.6. The first-order chi connectivity index (χ1) is 8.30. The molecule has 0 aromatic heterocycles. The molecular formula is C13H24N2O3. The Morgan fingerprint density at radius 2 is 2.00 bits per heavy atom. The number of nitrogens with two attached hydrogens (primary N) is 1. The molecule has 0 aromatic rings. The molecule has 5 heteroatoms. The standard InChI is InChI=1S/C13H24N2O3/c1-12(2,3)18-11(16)15-6-4-13(5-7-15)8-10(14)9-17-13/h10H,4-9,14H2,1-3H3/t10-/m1/s1. The van der Waals surface area contributed by atoms with Crippen LogP contribution in [-0.4, -0.2) is 47.9 Å². The lowest BCUT2D eigenvalue weighted by atomic mass is 9.88. The van der Waals surface area contributed by atoms with Crippen LogP contribution in [0.25, 0.3) is 0 Å². The SMILES string of the molecule is CC(C)(C)OC(=O)N1CCC2(CC1)C[C@@H](N)CO2. The van der Waals surface area contributed by atoms with E-state index in [4.69, 9.17) is 15.2 Å². The van der Waals surface area contributed by atoms with Gasteiger partial charge in [-0.05, 0) is 40.0 Å². The predicted molar refractivity (Wildman–Crippen MR) is 68.3 cm³/mol. The third-order valence-electron chi connectivity index (χ3n) is 3.56. The molecule has 0 saturated carbocycles. The molecule has 5 nitrogen and oxygen atoms in total. The van der Waals surface area contributed by atoms with Gasteiger partial charge in [-0.15, -0.1) is 0 Å². The summed E-state index contributed by atoms with van der Waals surface area (Å²) in [7, 11) is 0. The molecule has 0 unspecified atom stereocenters. The van der Waals surface area contributed by atoms with Crippen molar-refractivity contribution in [3.05, 3.63) is 0 Å². The van der Waals surface area contributed by atoms with Crippen molar-refractivity contribution in [2.75, 3.05) is 19.7 Å². The van der Waals surface area contributed by atoms with Crippen molar-refractivity contribution in [3.63, 3.8) is 0 Å². The van der Waals surface area contributed by atoms with Gasteiger partial charge in [0.1, 0.15) is 5.60 Å². The van der Waals surface area contributed by atoms with Crippen LogP contribution >= 0.6 is 0 Å². The summed E-state index contributed by atoms with van der Waals surface area (Å²) in [5, 5.41) is 0. The number of hydrogen-bond donors (Lipinski definition) is 1. The van der Waals surface area contributed by atoms with Crippen LogP contribution in [0.4, 0.5) is 4.79 Å². The summed E-state index contributed by atoms with van der Waals surface area (Å²) < 4.78 is 11.2. The molecular weight excluding hydrogens is 232 g/mol.